The highest BCUT2D eigenvalue weighted by Gasteiger charge is 2.21. The maximum Gasteiger partial charge on any atom is 0.327 e. The SMILES string of the molecule is O=C(O)C(NCc1cc(F)ccc1F)c1cscn1. The first-order valence-electron chi connectivity index (χ1n) is 5.36. The molecule has 1 atom stereocenters. The second-order valence-electron chi connectivity index (χ2n) is 3.80. The van der Waals surface area contributed by atoms with Crippen LogP contribution in [0.2, 0.25) is 0 Å². The largest absolute Gasteiger partial charge is 0.480 e. The standard InChI is InChI=1S/C12H10F2N2O2S/c13-8-1-2-9(14)7(3-8)4-15-11(12(17)18)10-5-19-6-16-10/h1-3,5-6,11,15H,4H2,(H,17,18). The quantitative estimate of drug-likeness (QED) is 0.884. The van der Waals surface area contributed by atoms with Crippen LogP contribution < -0.4 is 5.32 Å². The molecule has 0 saturated heterocycles. The van der Waals surface area contributed by atoms with Gasteiger partial charge in [-0.05, 0) is 18.2 Å². The smallest absolute Gasteiger partial charge is 0.327 e. The van der Waals surface area contributed by atoms with E-state index in [9.17, 15) is 13.6 Å². The summed E-state index contributed by atoms with van der Waals surface area (Å²) < 4.78 is 26.4. The predicted octanol–water partition coefficient (Wildman–Crippen LogP) is 2.34. The van der Waals surface area contributed by atoms with Gasteiger partial charge in [0, 0.05) is 17.5 Å². The molecule has 0 aliphatic heterocycles. The van der Waals surface area contributed by atoms with Gasteiger partial charge in [-0.3, -0.25) is 10.1 Å². The summed E-state index contributed by atoms with van der Waals surface area (Å²) in [4.78, 5) is 15.0. The predicted molar refractivity (Wildman–Crippen MR) is 65.7 cm³/mol. The number of carbonyl (C=O) groups is 1. The lowest BCUT2D eigenvalue weighted by atomic mass is 10.1. The molecule has 1 aromatic heterocycles. The second kappa shape index (κ2) is 5.85. The number of carboxylic acids is 1. The summed E-state index contributed by atoms with van der Waals surface area (Å²) in [5.74, 6) is -2.28. The Bertz CT molecular complexity index is 575. The summed E-state index contributed by atoms with van der Waals surface area (Å²) in [6.45, 7) is -0.0991. The maximum atomic E-state index is 13.4. The second-order valence-corrected chi connectivity index (χ2v) is 4.52. The summed E-state index contributed by atoms with van der Waals surface area (Å²) in [5.41, 5.74) is 1.92. The number of hydrogen-bond acceptors (Lipinski definition) is 4. The van der Waals surface area contributed by atoms with Gasteiger partial charge in [0.25, 0.3) is 0 Å². The molecule has 2 aromatic rings. The molecule has 0 aliphatic carbocycles. The zero-order chi connectivity index (χ0) is 13.8. The minimum atomic E-state index is -1.12. The van der Waals surface area contributed by atoms with Crippen molar-refractivity contribution in [2.45, 2.75) is 12.6 Å². The van der Waals surface area contributed by atoms with Crippen molar-refractivity contribution >= 4 is 17.3 Å². The van der Waals surface area contributed by atoms with E-state index in [0.717, 1.165) is 18.2 Å². The van der Waals surface area contributed by atoms with Crippen molar-refractivity contribution in [3.8, 4) is 0 Å². The first kappa shape index (κ1) is 13.6. The van der Waals surface area contributed by atoms with E-state index in [4.69, 9.17) is 5.11 Å². The number of hydrogen-bond donors (Lipinski definition) is 2. The molecule has 1 aromatic carbocycles. The number of aliphatic carboxylic acids is 1. The van der Waals surface area contributed by atoms with E-state index in [1.165, 1.54) is 16.8 Å². The average molecular weight is 284 g/mol. The van der Waals surface area contributed by atoms with Gasteiger partial charge in [-0.15, -0.1) is 11.3 Å². The van der Waals surface area contributed by atoms with Crippen molar-refractivity contribution in [1.29, 1.82) is 0 Å². The van der Waals surface area contributed by atoms with E-state index in [-0.39, 0.29) is 12.1 Å². The van der Waals surface area contributed by atoms with Gasteiger partial charge in [-0.1, -0.05) is 0 Å². The molecule has 2 N–H and O–H groups in total. The Kier molecular flexibility index (Phi) is 4.18. The third kappa shape index (κ3) is 3.33. The number of aromatic nitrogens is 1. The third-order valence-electron chi connectivity index (χ3n) is 2.50. The first-order valence-corrected chi connectivity index (χ1v) is 6.30. The van der Waals surface area contributed by atoms with Crippen LogP contribution in [0.15, 0.2) is 29.1 Å². The van der Waals surface area contributed by atoms with Crippen molar-refractivity contribution in [2.75, 3.05) is 0 Å². The summed E-state index contributed by atoms with van der Waals surface area (Å²) in [5, 5.41) is 13.3. The number of nitrogens with zero attached hydrogens (tertiary/aromatic N) is 1. The first-order chi connectivity index (χ1) is 9.08. The normalized spacial score (nSPS) is 12.3. The fraction of sp³-hybridized carbons (Fsp3) is 0.167. The maximum absolute atomic E-state index is 13.4. The van der Waals surface area contributed by atoms with Crippen LogP contribution in [0.3, 0.4) is 0 Å². The molecule has 0 spiro atoms. The highest BCUT2D eigenvalue weighted by Crippen LogP contribution is 2.15. The molecule has 7 heteroatoms. The molecule has 1 heterocycles. The van der Waals surface area contributed by atoms with Crippen LogP contribution in [0, 0.1) is 11.6 Å². The molecule has 4 nitrogen and oxygen atoms in total. The van der Waals surface area contributed by atoms with Gasteiger partial charge in [-0.25, -0.2) is 13.8 Å². The molecule has 19 heavy (non-hydrogen) atoms. The molecule has 0 radical (unpaired) electrons. The molecule has 0 saturated carbocycles. The van der Waals surface area contributed by atoms with Crippen LogP contribution in [-0.4, -0.2) is 16.1 Å². The van der Waals surface area contributed by atoms with Crippen LogP contribution >= 0.6 is 11.3 Å². The Hall–Kier alpha value is -1.86. The van der Waals surface area contributed by atoms with E-state index in [2.05, 4.69) is 10.3 Å². The van der Waals surface area contributed by atoms with Crippen LogP contribution in [0.4, 0.5) is 8.78 Å². The molecular weight excluding hydrogens is 274 g/mol. The monoisotopic (exact) mass is 284 g/mol. The van der Waals surface area contributed by atoms with Gasteiger partial charge >= 0.3 is 5.97 Å². The summed E-state index contributed by atoms with van der Waals surface area (Å²) in [6.07, 6.45) is 0. The molecule has 0 bridgehead atoms. The molecule has 0 amide bonds. The number of rotatable bonds is 5. The topological polar surface area (TPSA) is 62.2 Å². The lowest BCUT2D eigenvalue weighted by molar-refractivity contribution is -0.139. The zero-order valence-electron chi connectivity index (χ0n) is 9.64. The van der Waals surface area contributed by atoms with Gasteiger partial charge in [0.15, 0.2) is 0 Å². The number of nitrogens with one attached hydrogen (secondary N) is 1. The molecule has 100 valence electrons. The lowest BCUT2D eigenvalue weighted by Crippen LogP contribution is -2.28. The minimum absolute atomic E-state index is 0.0708. The van der Waals surface area contributed by atoms with Crippen molar-refractivity contribution in [3.05, 3.63) is 52.0 Å². The molecular formula is C12H10F2N2O2S. The van der Waals surface area contributed by atoms with Crippen LogP contribution in [0.5, 0.6) is 0 Å². The van der Waals surface area contributed by atoms with Gasteiger partial charge in [-0.2, -0.15) is 0 Å². The third-order valence-corrected chi connectivity index (χ3v) is 3.10. The molecule has 2 rings (SSSR count). The van der Waals surface area contributed by atoms with E-state index >= 15 is 0 Å². The minimum Gasteiger partial charge on any atom is -0.480 e. The fourth-order valence-corrected chi connectivity index (χ4v) is 2.15. The number of carboxylic acid groups (broad SMARTS) is 1. The molecule has 1 unspecified atom stereocenters. The van der Waals surface area contributed by atoms with E-state index in [0.29, 0.717) is 5.69 Å². The van der Waals surface area contributed by atoms with Gasteiger partial charge in [0.05, 0.1) is 11.2 Å². The van der Waals surface area contributed by atoms with Crippen molar-refractivity contribution in [1.82, 2.24) is 10.3 Å². The summed E-state index contributed by atoms with van der Waals surface area (Å²) >= 11 is 1.26. The Morgan fingerprint density at radius 2 is 2.26 bits per heavy atom. The Morgan fingerprint density at radius 3 is 2.89 bits per heavy atom. The highest BCUT2D eigenvalue weighted by atomic mass is 32.1. The molecule has 0 aliphatic rings. The Morgan fingerprint density at radius 1 is 1.47 bits per heavy atom. The highest BCUT2D eigenvalue weighted by molar-refractivity contribution is 7.07. The molecule has 0 fully saturated rings. The van der Waals surface area contributed by atoms with Gasteiger partial charge < -0.3 is 5.11 Å². The summed E-state index contributed by atoms with van der Waals surface area (Å²) in [7, 11) is 0. The van der Waals surface area contributed by atoms with Gasteiger partial charge in [0.2, 0.25) is 0 Å². The fourth-order valence-electron chi connectivity index (χ4n) is 1.57. The summed E-state index contributed by atoms with van der Waals surface area (Å²) in [6, 6.07) is 2.00. The van der Waals surface area contributed by atoms with E-state index in [1.807, 2.05) is 0 Å². The van der Waals surface area contributed by atoms with Crippen molar-refractivity contribution in [2.24, 2.45) is 0 Å². The average Bonchev–Trinajstić information content (AvgIpc) is 2.87. The van der Waals surface area contributed by atoms with Crippen LogP contribution in [-0.2, 0) is 11.3 Å². The van der Waals surface area contributed by atoms with Gasteiger partial charge in [0.1, 0.15) is 17.7 Å². The number of benzene rings is 1. The zero-order valence-corrected chi connectivity index (χ0v) is 10.5. The van der Waals surface area contributed by atoms with E-state index < -0.39 is 23.6 Å². The Balaban J connectivity index is 2.11. The Labute approximate surface area is 111 Å². The lowest BCUT2D eigenvalue weighted by Gasteiger charge is -2.12. The van der Waals surface area contributed by atoms with Crippen molar-refractivity contribution < 1.29 is 18.7 Å². The van der Waals surface area contributed by atoms with Crippen molar-refractivity contribution in [3.63, 3.8) is 0 Å². The van der Waals surface area contributed by atoms with E-state index in [1.54, 1.807) is 5.38 Å². The number of thiazole rings is 1. The number of halogens is 2. The van der Waals surface area contributed by atoms with Crippen LogP contribution in [0.25, 0.3) is 0 Å². The van der Waals surface area contributed by atoms with Crippen LogP contribution in [0.1, 0.15) is 17.3 Å².